The second-order valence-corrected chi connectivity index (χ2v) is 6.46. The van der Waals surface area contributed by atoms with Crippen molar-refractivity contribution in [3.05, 3.63) is 28.8 Å². The first-order chi connectivity index (χ1) is 6.45. The minimum atomic E-state index is -3.66. The molecule has 0 amide bonds. The van der Waals surface area contributed by atoms with Gasteiger partial charge in [0.25, 0.3) is 9.05 Å². The highest BCUT2D eigenvalue weighted by atomic mass is 35.7. The molecule has 0 aliphatic heterocycles. The number of hydrogen-bond acceptors (Lipinski definition) is 3. The molecule has 0 bridgehead atoms. The molecule has 0 aliphatic carbocycles. The number of benzene rings is 1. The Hall–Kier alpha value is 0.1000. The van der Waals surface area contributed by atoms with Crippen LogP contribution in [0.1, 0.15) is 5.56 Å². The van der Waals surface area contributed by atoms with Crippen LogP contribution in [0.15, 0.2) is 23.1 Å². The Morgan fingerprint density at radius 1 is 1.43 bits per heavy atom. The van der Waals surface area contributed by atoms with Crippen LogP contribution in [0, 0.1) is 0 Å². The Balaban J connectivity index is 3.20. The Morgan fingerprint density at radius 3 is 2.57 bits per heavy atom. The van der Waals surface area contributed by atoms with E-state index < -0.39 is 9.05 Å². The summed E-state index contributed by atoms with van der Waals surface area (Å²) in [5.74, 6) is 0.666. The van der Waals surface area contributed by atoms with Gasteiger partial charge in [-0.2, -0.15) is 11.8 Å². The molecular formula is C8H8Cl2O2S2. The molecule has 0 radical (unpaired) electrons. The fourth-order valence-electron chi connectivity index (χ4n) is 0.969. The van der Waals surface area contributed by atoms with Crippen LogP contribution in [0.3, 0.4) is 0 Å². The van der Waals surface area contributed by atoms with E-state index >= 15 is 0 Å². The van der Waals surface area contributed by atoms with Gasteiger partial charge in [0.2, 0.25) is 0 Å². The quantitative estimate of drug-likeness (QED) is 0.792. The molecule has 1 rings (SSSR count). The van der Waals surface area contributed by atoms with E-state index in [1.54, 1.807) is 17.8 Å². The molecule has 0 N–H and O–H groups in total. The third-order valence-electron chi connectivity index (χ3n) is 1.60. The predicted molar refractivity (Wildman–Crippen MR) is 61.7 cm³/mol. The Morgan fingerprint density at radius 2 is 2.07 bits per heavy atom. The predicted octanol–water partition coefficient (Wildman–Crippen LogP) is 3.13. The minimum absolute atomic E-state index is 0.0904. The van der Waals surface area contributed by atoms with Crippen molar-refractivity contribution in [1.29, 1.82) is 0 Å². The average molecular weight is 271 g/mol. The van der Waals surface area contributed by atoms with Crippen LogP contribution in [0.5, 0.6) is 0 Å². The van der Waals surface area contributed by atoms with Crippen molar-refractivity contribution in [2.24, 2.45) is 0 Å². The van der Waals surface area contributed by atoms with E-state index in [1.165, 1.54) is 12.1 Å². The largest absolute Gasteiger partial charge is 0.261 e. The van der Waals surface area contributed by atoms with Gasteiger partial charge >= 0.3 is 0 Å². The van der Waals surface area contributed by atoms with Crippen molar-refractivity contribution in [3.63, 3.8) is 0 Å². The van der Waals surface area contributed by atoms with E-state index in [-0.39, 0.29) is 4.90 Å². The fraction of sp³-hybridized carbons (Fsp3) is 0.250. The van der Waals surface area contributed by atoms with Crippen LogP contribution < -0.4 is 0 Å². The Bertz CT molecular complexity index is 429. The lowest BCUT2D eigenvalue weighted by Gasteiger charge is -2.03. The molecule has 0 atom stereocenters. The lowest BCUT2D eigenvalue weighted by Crippen LogP contribution is -1.92. The van der Waals surface area contributed by atoms with E-state index in [1.807, 2.05) is 6.26 Å². The normalized spacial score (nSPS) is 11.6. The van der Waals surface area contributed by atoms with Gasteiger partial charge in [-0.3, -0.25) is 0 Å². The van der Waals surface area contributed by atoms with Gasteiger partial charge in [0.15, 0.2) is 0 Å². The van der Waals surface area contributed by atoms with Crippen LogP contribution >= 0.6 is 34.0 Å². The van der Waals surface area contributed by atoms with Crippen LogP contribution in [0.4, 0.5) is 0 Å². The molecule has 14 heavy (non-hydrogen) atoms. The summed E-state index contributed by atoms with van der Waals surface area (Å²) < 4.78 is 22.0. The smallest absolute Gasteiger partial charge is 0.207 e. The van der Waals surface area contributed by atoms with Gasteiger partial charge < -0.3 is 0 Å². The highest BCUT2D eigenvalue weighted by Crippen LogP contribution is 2.25. The average Bonchev–Trinajstić information content (AvgIpc) is 2.07. The first-order valence-corrected chi connectivity index (χ1v) is 7.75. The third kappa shape index (κ3) is 3.05. The first-order valence-electron chi connectivity index (χ1n) is 3.67. The van der Waals surface area contributed by atoms with Crippen molar-refractivity contribution in [2.75, 3.05) is 6.26 Å². The zero-order valence-corrected chi connectivity index (χ0v) is 10.5. The maximum atomic E-state index is 11.0. The van der Waals surface area contributed by atoms with Crippen LogP contribution in [0.25, 0.3) is 0 Å². The van der Waals surface area contributed by atoms with Gasteiger partial charge in [-0.05, 0) is 30.0 Å². The fourth-order valence-corrected chi connectivity index (χ4v) is 2.58. The molecule has 1 aromatic rings. The van der Waals surface area contributed by atoms with Crippen molar-refractivity contribution in [3.8, 4) is 0 Å². The zero-order valence-electron chi connectivity index (χ0n) is 7.33. The van der Waals surface area contributed by atoms with E-state index in [0.717, 1.165) is 5.56 Å². The zero-order chi connectivity index (χ0) is 10.8. The van der Waals surface area contributed by atoms with Crippen LogP contribution in [-0.4, -0.2) is 14.7 Å². The van der Waals surface area contributed by atoms with E-state index in [2.05, 4.69) is 0 Å². The summed E-state index contributed by atoms with van der Waals surface area (Å²) >= 11 is 7.44. The summed E-state index contributed by atoms with van der Waals surface area (Å²) in [4.78, 5) is 0.0904. The topological polar surface area (TPSA) is 34.1 Å². The monoisotopic (exact) mass is 270 g/mol. The molecule has 78 valence electrons. The van der Waals surface area contributed by atoms with E-state index in [9.17, 15) is 8.42 Å². The third-order valence-corrected chi connectivity index (χ3v) is 3.92. The standard InChI is InChI=1S/C8H8Cl2O2S2/c1-13-5-6-4-7(14(10,11)12)2-3-8(6)9/h2-4H,5H2,1H3. The summed E-state index contributed by atoms with van der Waals surface area (Å²) in [5.41, 5.74) is 0.779. The minimum Gasteiger partial charge on any atom is -0.207 e. The Labute approximate surface area is 97.0 Å². The summed E-state index contributed by atoms with van der Waals surface area (Å²) in [6.45, 7) is 0. The lowest BCUT2D eigenvalue weighted by molar-refractivity contribution is 0.609. The lowest BCUT2D eigenvalue weighted by atomic mass is 10.2. The molecule has 0 aromatic heterocycles. The second-order valence-electron chi connectivity index (χ2n) is 2.62. The number of rotatable bonds is 3. The molecule has 1 aromatic carbocycles. The molecule has 0 heterocycles. The summed E-state index contributed by atoms with van der Waals surface area (Å²) in [7, 11) is 1.55. The number of hydrogen-bond donors (Lipinski definition) is 0. The van der Waals surface area contributed by atoms with Crippen molar-refractivity contribution in [2.45, 2.75) is 10.6 Å². The van der Waals surface area contributed by atoms with Crippen LogP contribution in [-0.2, 0) is 14.8 Å². The van der Waals surface area contributed by atoms with Gasteiger partial charge in [0.05, 0.1) is 4.90 Å². The molecule has 0 fully saturated rings. The van der Waals surface area contributed by atoms with Gasteiger partial charge in [0, 0.05) is 21.5 Å². The van der Waals surface area contributed by atoms with Crippen molar-refractivity contribution in [1.82, 2.24) is 0 Å². The maximum Gasteiger partial charge on any atom is 0.261 e. The van der Waals surface area contributed by atoms with Crippen molar-refractivity contribution < 1.29 is 8.42 Å². The highest BCUT2D eigenvalue weighted by Gasteiger charge is 2.11. The molecule has 0 unspecified atom stereocenters. The van der Waals surface area contributed by atoms with Gasteiger partial charge in [0.1, 0.15) is 0 Å². The Kier molecular flexibility index (Phi) is 4.13. The van der Waals surface area contributed by atoms with Gasteiger partial charge in [-0.25, -0.2) is 8.42 Å². The molecule has 0 aliphatic rings. The van der Waals surface area contributed by atoms with Crippen molar-refractivity contribution >= 4 is 43.1 Å². The highest BCUT2D eigenvalue weighted by molar-refractivity contribution is 8.13. The number of thioether (sulfide) groups is 1. The molecular weight excluding hydrogens is 263 g/mol. The molecule has 0 saturated carbocycles. The van der Waals surface area contributed by atoms with Gasteiger partial charge in [-0.15, -0.1) is 0 Å². The molecule has 2 nitrogen and oxygen atoms in total. The maximum absolute atomic E-state index is 11.0. The second kappa shape index (κ2) is 4.75. The molecule has 0 spiro atoms. The van der Waals surface area contributed by atoms with Gasteiger partial charge in [-0.1, -0.05) is 11.6 Å². The van der Waals surface area contributed by atoms with E-state index in [0.29, 0.717) is 10.8 Å². The number of halogens is 2. The SMILES string of the molecule is CSCc1cc(S(=O)(=O)Cl)ccc1Cl. The molecule has 6 heteroatoms. The summed E-state index contributed by atoms with van der Waals surface area (Å²) in [5, 5.41) is 0.559. The summed E-state index contributed by atoms with van der Waals surface area (Å²) in [6.07, 6.45) is 1.91. The van der Waals surface area contributed by atoms with E-state index in [4.69, 9.17) is 22.3 Å². The first kappa shape index (κ1) is 12.2. The molecule has 0 saturated heterocycles. The van der Waals surface area contributed by atoms with Crippen LogP contribution in [0.2, 0.25) is 5.02 Å². The summed E-state index contributed by atoms with van der Waals surface area (Å²) in [6, 6.07) is 4.44.